The van der Waals surface area contributed by atoms with Gasteiger partial charge in [-0.2, -0.15) is 0 Å². The molecule has 5 heteroatoms. The zero-order chi connectivity index (χ0) is 15.6. The Kier molecular flexibility index (Phi) is 4.72. The number of amidine groups is 1. The van der Waals surface area contributed by atoms with E-state index in [-0.39, 0.29) is 22.7 Å². The number of nitrogens with one attached hydrogen (secondary N) is 1. The number of hydrogen-bond acceptors (Lipinski definition) is 3. The number of carbonyl (C=O) groups is 1. The molecule has 0 saturated heterocycles. The van der Waals surface area contributed by atoms with Crippen molar-refractivity contribution >= 4 is 11.7 Å². The predicted molar refractivity (Wildman–Crippen MR) is 80.6 cm³/mol. The molecular weight excluding hydrogens is 254 g/mol. The molecule has 0 aromatic rings. The molecule has 1 fully saturated rings. The highest BCUT2D eigenvalue weighted by Gasteiger charge is 2.47. The topological polar surface area (TPSA) is 87.7 Å². The van der Waals surface area contributed by atoms with Crippen molar-refractivity contribution in [3.8, 4) is 0 Å². The summed E-state index contributed by atoms with van der Waals surface area (Å²) in [6, 6.07) is 0. The van der Waals surface area contributed by atoms with Gasteiger partial charge in [0.15, 0.2) is 5.84 Å². The van der Waals surface area contributed by atoms with Crippen LogP contribution < -0.4 is 11.1 Å². The highest BCUT2D eigenvalue weighted by atomic mass is 16.4. The second-order valence-corrected chi connectivity index (χ2v) is 7.85. The first-order chi connectivity index (χ1) is 9.02. The van der Waals surface area contributed by atoms with Crippen molar-refractivity contribution in [2.45, 2.75) is 72.3 Å². The average molecular weight is 283 g/mol. The summed E-state index contributed by atoms with van der Waals surface area (Å²) >= 11 is 0. The summed E-state index contributed by atoms with van der Waals surface area (Å²) in [5.74, 6) is -0.0707. The zero-order valence-corrected chi connectivity index (χ0v) is 13.4. The van der Waals surface area contributed by atoms with Gasteiger partial charge in [-0.15, -0.1) is 0 Å². The summed E-state index contributed by atoms with van der Waals surface area (Å²) in [6.07, 6.45) is 4.03. The number of carbonyl (C=O) groups excluding carboxylic acids is 1. The minimum absolute atomic E-state index is 0.0408. The lowest BCUT2D eigenvalue weighted by atomic mass is 9.79. The maximum Gasteiger partial charge on any atom is 0.234 e. The second kappa shape index (κ2) is 5.62. The van der Waals surface area contributed by atoms with Gasteiger partial charge in [-0.3, -0.25) is 4.79 Å². The Bertz CT molecular complexity index is 388. The molecule has 1 amide bonds. The Labute approximate surface area is 122 Å². The van der Waals surface area contributed by atoms with E-state index in [4.69, 9.17) is 10.9 Å². The van der Waals surface area contributed by atoms with Crippen LogP contribution in [0.2, 0.25) is 0 Å². The molecule has 0 aromatic heterocycles. The third kappa shape index (κ3) is 3.87. The van der Waals surface area contributed by atoms with Crippen molar-refractivity contribution in [1.29, 1.82) is 0 Å². The van der Waals surface area contributed by atoms with Crippen LogP contribution in [-0.2, 0) is 4.79 Å². The van der Waals surface area contributed by atoms with Crippen molar-refractivity contribution in [2.75, 3.05) is 0 Å². The van der Waals surface area contributed by atoms with E-state index in [0.717, 1.165) is 19.3 Å². The monoisotopic (exact) mass is 283 g/mol. The van der Waals surface area contributed by atoms with Gasteiger partial charge in [0.1, 0.15) is 5.41 Å². The summed E-state index contributed by atoms with van der Waals surface area (Å²) < 4.78 is 0. The number of rotatable bonds is 4. The van der Waals surface area contributed by atoms with Gasteiger partial charge in [0, 0.05) is 5.54 Å². The van der Waals surface area contributed by atoms with Gasteiger partial charge in [-0.05, 0) is 38.5 Å². The number of hydrogen-bond donors (Lipinski definition) is 3. The van der Waals surface area contributed by atoms with E-state index < -0.39 is 5.41 Å². The SMILES string of the molecule is CC(C)(C)CC(C)(C)NC(=O)C1(C(N)=NO)CCCC1. The van der Waals surface area contributed by atoms with Crippen LogP contribution in [0.4, 0.5) is 0 Å². The standard InChI is InChI=1S/C15H29N3O2/c1-13(2,3)10-14(4,5)17-12(19)15(11(16)18-20)8-6-7-9-15/h20H,6-10H2,1-5H3,(H2,16,18)(H,17,19). The van der Waals surface area contributed by atoms with E-state index in [1.54, 1.807) is 0 Å². The van der Waals surface area contributed by atoms with Crippen LogP contribution in [0.1, 0.15) is 66.7 Å². The Hall–Kier alpha value is -1.26. The number of oxime groups is 1. The highest BCUT2D eigenvalue weighted by molar-refractivity contribution is 6.07. The van der Waals surface area contributed by atoms with Gasteiger partial charge < -0.3 is 16.3 Å². The number of nitrogens with two attached hydrogens (primary N) is 1. The molecule has 5 nitrogen and oxygen atoms in total. The lowest BCUT2D eigenvalue weighted by Gasteiger charge is -2.37. The lowest BCUT2D eigenvalue weighted by Crippen LogP contribution is -2.55. The third-order valence-corrected chi connectivity index (χ3v) is 3.91. The molecule has 1 saturated carbocycles. The molecule has 0 radical (unpaired) electrons. The maximum absolute atomic E-state index is 12.7. The van der Waals surface area contributed by atoms with Crippen LogP contribution in [-0.4, -0.2) is 22.5 Å². The molecule has 0 aromatic carbocycles. The molecule has 1 aliphatic rings. The Balaban J connectivity index is 2.88. The van der Waals surface area contributed by atoms with E-state index in [2.05, 4.69) is 31.2 Å². The van der Waals surface area contributed by atoms with Gasteiger partial charge >= 0.3 is 0 Å². The van der Waals surface area contributed by atoms with E-state index in [0.29, 0.717) is 12.8 Å². The molecule has 0 heterocycles. The summed E-state index contributed by atoms with van der Waals surface area (Å²) in [5, 5.41) is 15.2. The molecule has 1 aliphatic carbocycles. The van der Waals surface area contributed by atoms with Crippen LogP contribution in [0.5, 0.6) is 0 Å². The molecule has 4 N–H and O–H groups in total. The van der Waals surface area contributed by atoms with Crippen molar-refractivity contribution in [3.05, 3.63) is 0 Å². The zero-order valence-electron chi connectivity index (χ0n) is 13.4. The molecule has 20 heavy (non-hydrogen) atoms. The van der Waals surface area contributed by atoms with E-state index >= 15 is 0 Å². The van der Waals surface area contributed by atoms with E-state index in [1.165, 1.54) is 0 Å². The van der Waals surface area contributed by atoms with Gasteiger partial charge in [0.05, 0.1) is 0 Å². The van der Waals surface area contributed by atoms with Gasteiger partial charge in [0.25, 0.3) is 0 Å². The minimum atomic E-state index is -0.829. The van der Waals surface area contributed by atoms with Crippen LogP contribution in [0.3, 0.4) is 0 Å². The third-order valence-electron chi connectivity index (χ3n) is 3.91. The fraction of sp³-hybridized carbons (Fsp3) is 0.867. The van der Waals surface area contributed by atoms with Crippen LogP contribution in [0.25, 0.3) is 0 Å². The van der Waals surface area contributed by atoms with Crippen molar-refractivity contribution < 1.29 is 10.0 Å². The highest BCUT2D eigenvalue weighted by Crippen LogP contribution is 2.39. The van der Waals surface area contributed by atoms with Gasteiger partial charge in [-0.1, -0.05) is 38.8 Å². The summed E-state index contributed by atoms with van der Waals surface area (Å²) in [7, 11) is 0. The molecular formula is C15H29N3O2. The quantitative estimate of drug-likeness (QED) is 0.321. The molecule has 116 valence electrons. The fourth-order valence-corrected chi connectivity index (χ4v) is 3.47. The smallest absolute Gasteiger partial charge is 0.234 e. The lowest BCUT2D eigenvalue weighted by molar-refractivity contribution is -0.129. The van der Waals surface area contributed by atoms with Crippen LogP contribution in [0.15, 0.2) is 5.16 Å². The fourth-order valence-electron chi connectivity index (χ4n) is 3.47. The Morgan fingerprint density at radius 2 is 1.75 bits per heavy atom. The summed E-state index contributed by atoms with van der Waals surface area (Å²) in [4.78, 5) is 12.7. The van der Waals surface area contributed by atoms with E-state index in [9.17, 15) is 4.79 Å². The summed E-state index contributed by atoms with van der Waals surface area (Å²) in [5.41, 5.74) is 4.77. The molecule has 0 bridgehead atoms. The molecule has 0 unspecified atom stereocenters. The van der Waals surface area contributed by atoms with E-state index in [1.807, 2.05) is 13.8 Å². The van der Waals surface area contributed by atoms with Crippen LogP contribution in [0, 0.1) is 10.8 Å². The average Bonchev–Trinajstić information content (AvgIpc) is 2.73. The van der Waals surface area contributed by atoms with Crippen molar-refractivity contribution in [3.63, 3.8) is 0 Å². The molecule has 1 rings (SSSR count). The maximum atomic E-state index is 12.7. The number of amides is 1. The summed E-state index contributed by atoms with van der Waals surface area (Å²) in [6.45, 7) is 10.5. The van der Waals surface area contributed by atoms with Gasteiger partial charge in [0.2, 0.25) is 5.91 Å². The minimum Gasteiger partial charge on any atom is -0.409 e. The van der Waals surface area contributed by atoms with Gasteiger partial charge in [-0.25, -0.2) is 0 Å². The number of nitrogens with zero attached hydrogens (tertiary/aromatic N) is 1. The first-order valence-corrected chi connectivity index (χ1v) is 7.33. The van der Waals surface area contributed by atoms with Crippen molar-refractivity contribution in [2.24, 2.45) is 21.7 Å². The first kappa shape index (κ1) is 16.8. The second-order valence-electron chi connectivity index (χ2n) is 7.85. The molecule has 0 aliphatic heterocycles. The molecule has 0 atom stereocenters. The van der Waals surface area contributed by atoms with Crippen molar-refractivity contribution in [1.82, 2.24) is 5.32 Å². The first-order valence-electron chi connectivity index (χ1n) is 7.33. The predicted octanol–water partition coefficient (Wildman–Crippen LogP) is 2.62. The normalized spacial score (nSPS) is 19.9. The Morgan fingerprint density at radius 1 is 1.25 bits per heavy atom. The largest absolute Gasteiger partial charge is 0.409 e. The Morgan fingerprint density at radius 3 is 2.15 bits per heavy atom. The van der Waals surface area contributed by atoms with Crippen LogP contribution >= 0.6 is 0 Å². The molecule has 0 spiro atoms.